The van der Waals surface area contributed by atoms with Crippen molar-refractivity contribution in [3.05, 3.63) is 24.3 Å². The molecule has 2 N–H and O–H groups in total. The summed E-state index contributed by atoms with van der Waals surface area (Å²) in [5.74, 6) is -1.32. The van der Waals surface area contributed by atoms with Crippen molar-refractivity contribution in [2.45, 2.75) is 17.1 Å². The number of anilines is 1. The topological polar surface area (TPSA) is 104 Å². The second-order valence-electron chi connectivity index (χ2n) is 4.65. The zero-order chi connectivity index (χ0) is 16.9. The minimum atomic E-state index is -3.50. The fourth-order valence-electron chi connectivity index (χ4n) is 1.39. The van der Waals surface area contributed by atoms with E-state index in [0.29, 0.717) is 5.69 Å². The Morgan fingerprint density at radius 3 is 2.27 bits per heavy atom. The highest BCUT2D eigenvalue weighted by Gasteiger charge is 2.17. The first-order valence-electron chi connectivity index (χ1n) is 6.31. The number of hydrogen-bond donors (Lipinski definition) is 2. The van der Waals surface area contributed by atoms with E-state index in [9.17, 15) is 18.0 Å². The average molecular weight is 346 g/mol. The van der Waals surface area contributed by atoms with Gasteiger partial charge in [0.2, 0.25) is 15.9 Å². The molecule has 22 heavy (non-hydrogen) atoms. The first-order chi connectivity index (χ1) is 10.1. The van der Waals surface area contributed by atoms with Crippen molar-refractivity contribution in [2.75, 3.05) is 25.2 Å². The lowest BCUT2D eigenvalue weighted by molar-refractivity contribution is -0.136. The minimum Gasteiger partial charge on any atom is -0.480 e. The van der Waals surface area contributed by atoms with Gasteiger partial charge in [-0.05, 0) is 31.2 Å². The molecule has 0 aliphatic rings. The summed E-state index contributed by atoms with van der Waals surface area (Å²) in [5.41, 5.74) is 0.450. The minimum absolute atomic E-state index is 0.00517. The highest BCUT2D eigenvalue weighted by Crippen LogP contribution is 2.17. The molecule has 0 heterocycles. The number of aliphatic carboxylic acids is 1. The molecule has 1 rings (SSSR count). The molecule has 0 aliphatic carbocycles. The third kappa shape index (κ3) is 5.00. The molecule has 1 amide bonds. The summed E-state index contributed by atoms with van der Waals surface area (Å²) in [6, 6.07) is 5.77. The number of thioether (sulfide) groups is 1. The van der Waals surface area contributed by atoms with Gasteiger partial charge in [-0.3, -0.25) is 9.59 Å². The lowest BCUT2D eigenvalue weighted by Gasteiger charge is -2.12. The molecule has 122 valence electrons. The van der Waals surface area contributed by atoms with Gasteiger partial charge in [-0.15, -0.1) is 11.8 Å². The molecule has 0 aliphatic heterocycles. The number of benzene rings is 1. The number of sulfonamides is 1. The second-order valence-corrected chi connectivity index (χ2v) is 8.13. The summed E-state index contributed by atoms with van der Waals surface area (Å²) in [6.45, 7) is 1.50. The molecule has 0 radical (unpaired) electrons. The normalized spacial score (nSPS) is 12.9. The Balaban J connectivity index is 2.65. The van der Waals surface area contributed by atoms with Crippen molar-refractivity contribution in [3.8, 4) is 0 Å². The smallest absolute Gasteiger partial charge is 0.316 e. The van der Waals surface area contributed by atoms with Crippen LogP contribution in [0, 0.1) is 0 Å². The maximum absolute atomic E-state index is 11.9. The van der Waals surface area contributed by atoms with E-state index in [0.717, 1.165) is 16.1 Å². The highest BCUT2D eigenvalue weighted by molar-refractivity contribution is 8.01. The van der Waals surface area contributed by atoms with E-state index >= 15 is 0 Å². The fraction of sp³-hybridized carbons (Fsp3) is 0.385. The Morgan fingerprint density at radius 2 is 1.82 bits per heavy atom. The van der Waals surface area contributed by atoms with E-state index in [1.165, 1.54) is 45.3 Å². The molecular formula is C13H18N2O5S2. The van der Waals surface area contributed by atoms with Gasteiger partial charge in [-0.2, -0.15) is 0 Å². The number of amides is 1. The molecule has 0 spiro atoms. The zero-order valence-electron chi connectivity index (χ0n) is 12.4. The summed E-state index contributed by atoms with van der Waals surface area (Å²) in [5, 5.41) is 10.6. The summed E-state index contributed by atoms with van der Waals surface area (Å²) in [7, 11) is -0.629. The van der Waals surface area contributed by atoms with Crippen LogP contribution >= 0.6 is 11.8 Å². The lowest BCUT2D eigenvalue weighted by atomic mass is 10.3. The van der Waals surface area contributed by atoms with Crippen LogP contribution in [-0.4, -0.2) is 54.8 Å². The number of carbonyl (C=O) groups excluding carboxylic acids is 1. The number of carbonyl (C=O) groups is 2. The molecule has 0 unspecified atom stereocenters. The van der Waals surface area contributed by atoms with Gasteiger partial charge in [0.15, 0.2) is 0 Å². The summed E-state index contributed by atoms with van der Waals surface area (Å²) in [4.78, 5) is 22.5. The third-order valence-electron chi connectivity index (χ3n) is 2.73. The van der Waals surface area contributed by atoms with Gasteiger partial charge in [0.1, 0.15) is 0 Å². The quantitative estimate of drug-likeness (QED) is 0.766. The van der Waals surface area contributed by atoms with Crippen molar-refractivity contribution in [3.63, 3.8) is 0 Å². The Bertz CT molecular complexity index is 641. The van der Waals surface area contributed by atoms with Crippen LogP contribution in [0.25, 0.3) is 0 Å². The highest BCUT2D eigenvalue weighted by atomic mass is 32.2. The number of carboxylic acid groups (broad SMARTS) is 1. The van der Waals surface area contributed by atoms with Gasteiger partial charge < -0.3 is 10.4 Å². The molecule has 0 bridgehead atoms. The van der Waals surface area contributed by atoms with Gasteiger partial charge in [-0.25, -0.2) is 12.7 Å². The van der Waals surface area contributed by atoms with E-state index in [1.807, 2.05) is 0 Å². The van der Waals surface area contributed by atoms with Crippen molar-refractivity contribution in [1.29, 1.82) is 0 Å². The average Bonchev–Trinajstić information content (AvgIpc) is 2.45. The number of carboxylic acids is 1. The van der Waals surface area contributed by atoms with Crippen LogP contribution in [0.1, 0.15) is 6.92 Å². The summed E-state index contributed by atoms with van der Waals surface area (Å²) >= 11 is 1.01. The Hall–Kier alpha value is -1.58. The Kier molecular flexibility index (Phi) is 6.39. The summed E-state index contributed by atoms with van der Waals surface area (Å²) < 4.78 is 24.9. The second kappa shape index (κ2) is 7.61. The van der Waals surface area contributed by atoms with Crippen LogP contribution < -0.4 is 5.32 Å². The Labute approximate surface area is 133 Å². The third-order valence-corrected chi connectivity index (χ3v) is 5.69. The van der Waals surface area contributed by atoms with Crippen LogP contribution in [0.15, 0.2) is 29.2 Å². The molecular weight excluding hydrogens is 328 g/mol. The van der Waals surface area contributed by atoms with Gasteiger partial charge in [-0.1, -0.05) is 0 Å². The van der Waals surface area contributed by atoms with Crippen LogP contribution in [0.3, 0.4) is 0 Å². The van der Waals surface area contributed by atoms with Crippen molar-refractivity contribution in [2.24, 2.45) is 0 Å². The van der Waals surface area contributed by atoms with E-state index in [2.05, 4.69) is 5.32 Å². The fourth-order valence-corrected chi connectivity index (χ4v) is 2.91. The number of hydrogen-bond acceptors (Lipinski definition) is 5. The number of nitrogens with one attached hydrogen (secondary N) is 1. The first kappa shape index (κ1) is 18.5. The van der Waals surface area contributed by atoms with Crippen LogP contribution in [0.2, 0.25) is 0 Å². The number of rotatable bonds is 7. The van der Waals surface area contributed by atoms with Crippen molar-refractivity contribution < 1.29 is 23.1 Å². The molecule has 1 aromatic rings. The molecule has 0 fully saturated rings. The maximum Gasteiger partial charge on any atom is 0.316 e. The van der Waals surface area contributed by atoms with Crippen LogP contribution in [-0.2, 0) is 19.6 Å². The van der Waals surface area contributed by atoms with E-state index in [1.54, 1.807) is 0 Å². The zero-order valence-corrected chi connectivity index (χ0v) is 14.1. The molecule has 0 saturated carbocycles. The van der Waals surface area contributed by atoms with Gasteiger partial charge in [0, 0.05) is 19.8 Å². The molecule has 9 heteroatoms. The van der Waals surface area contributed by atoms with E-state index < -0.39 is 21.2 Å². The molecule has 1 aromatic carbocycles. The van der Waals surface area contributed by atoms with Gasteiger partial charge >= 0.3 is 5.97 Å². The van der Waals surface area contributed by atoms with Crippen LogP contribution in [0.5, 0.6) is 0 Å². The predicted molar refractivity (Wildman–Crippen MR) is 85.5 cm³/mol. The lowest BCUT2D eigenvalue weighted by Crippen LogP contribution is -2.22. The van der Waals surface area contributed by atoms with Crippen molar-refractivity contribution >= 4 is 39.3 Å². The largest absolute Gasteiger partial charge is 0.480 e. The van der Waals surface area contributed by atoms with Crippen molar-refractivity contribution in [1.82, 2.24) is 4.31 Å². The van der Waals surface area contributed by atoms with Gasteiger partial charge in [0.05, 0.1) is 15.9 Å². The molecule has 1 atom stereocenters. The SMILES string of the molecule is C[C@H](SCC(=O)Nc1ccc(S(=O)(=O)N(C)C)cc1)C(=O)O. The van der Waals surface area contributed by atoms with Gasteiger partial charge in [0.25, 0.3) is 0 Å². The van der Waals surface area contributed by atoms with E-state index in [-0.39, 0.29) is 16.6 Å². The van der Waals surface area contributed by atoms with Crippen LogP contribution in [0.4, 0.5) is 5.69 Å². The monoisotopic (exact) mass is 346 g/mol. The first-order valence-corrected chi connectivity index (χ1v) is 8.80. The maximum atomic E-state index is 11.9. The predicted octanol–water partition coefficient (Wildman–Crippen LogP) is 1.08. The summed E-state index contributed by atoms with van der Waals surface area (Å²) in [6.07, 6.45) is 0. The molecule has 0 aromatic heterocycles. The Morgan fingerprint density at radius 1 is 1.27 bits per heavy atom. The molecule has 7 nitrogen and oxygen atoms in total. The van der Waals surface area contributed by atoms with E-state index in [4.69, 9.17) is 5.11 Å². The standard InChI is InChI=1S/C13H18N2O5S2/c1-9(13(17)18)21-8-12(16)14-10-4-6-11(7-5-10)22(19,20)15(2)3/h4-7,9H,8H2,1-3H3,(H,14,16)(H,17,18)/t9-/m0/s1. The number of nitrogens with zero attached hydrogens (tertiary/aromatic N) is 1. The molecule has 0 saturated heterocycles.